The number of aliphatic hydroxyl groups is 1. The van der Waals surface area contributed by atoms with Crippen molar-refractivity contribution in [1.82, 2.24) is 14.8 Å². The highest BCUT2D eigenvalue weighted by Crippen LogP contribution is 2.40. The summed E-state index contributed by atoms with van der Waals surface area (Å²) >= 11 is 1.43. The van der Waals surface area contributed by atoms with Gasteiger partial charge in [-0.2, -0.15) is 0 Å². The van der Waals surface area contributed by atoms with Gasteiger partial charge in [-0.3, -0.25) is 4.79 Å². The summed E-state index contributed by atoms with van der Waals surface area (Å²) in [6, 6.07) is 16.9. The lowest BCUT2D eigenvalue weighted by atomic mass is 10.1. The maximum Gasteiger partial charge on any atom is 0.209 e. The van der Waals surface area contributed by atoms with Gasteiger partial charge in [0.1, 0.15) is 18.2 Å². The van der Waals surface area contributed by atoms with Crippen LogP contribution in [0.15, 0.2) is 59.8 Å². The van der Waals surface area contributed by atoms with Crippen LogP contribution in [0.3, 0.4) is 0 Å². The molecule has 3 aromatic rings. The number of aliphatic hydroxyl groups excluding tert-OH is 1. The number of aromatic nitrogens is 3. The Morgan fingerprint density at radius 2 is 1.93 bits per heavy atom. The molecule has 1 N–H and O–H groups in total. The molecule has 1 fully saturated rings. The van der Waals surface area contributed by atoms with Crippen LogP contribution in [0.4, 0.5) is 0 Å². The van der Waals surface area contributed by atoms with Crippen LogP contribution in [0.5, 0.6) is 5.75 Å². The molecular formula is C22H23N3O3S. The van der Waals surface area contributed by atoms with Crippen molar-refractivity contribution in [3.8, 4) is 11.4 Å². The van der Waals surface area contributed by atoms with E-state index in [1.54, 1.807) is 24.3 Å². The van der Waals surface area contributed by atoms with Gasteiger partial charge < -0.3 is 9.84 Å². The highest BCUT2D eigenvalue weighted by Gasteiger charge is 2.30. The van der Waals surface area contributed by atoms with Crippen LogP contribution in [0.25, 0.3) is 5.69 Å². The minimum Gasteiger partial charge on any atom is -0.491 e. The molecule has 1 aliphatic rings. The molecule has 1 aliphatic carbocycles. The third-order valence-electron chi connectivity index (χ3n) is 4.66. The third-order valence-corrected chi connectivity index (χ3v) is 5.65. The normalized spacial score (nSPS) is 14.6. The fourth-order valence-corrected chi connectivity index (χ4v) is 3.66. The summed E-state index contributed by atoms with van der Waals surface area (Å²) < 4.78 is 7.53. The summed E-state index contributed by atoms with van der Waals surface area (Å²) in [5, 5.41) is 15.6. The number of carbonyl (C=O) groups is 1. The lowest BCUT2D eigenvalue weighted by Gasteiger charge is -2.11. The lowest BCUT2D eigenvalue weighted by molar-refractivity contribution is 0.101. The number of thioether (sulfide) groups is 1. The molecule has 0 unspecified atom stereocenters. The van der Waals surface area contributed by atoms with E-state index in [0.29, 0.717) is 28.1 Å². The number of nitrogens with zero attached hydrogens (tertiary/aromatic N) is 3. The Labute approximate surface area is 173 Å². The topological polar surface area (TPSA) is 77.2 Å². The monoisotopic (exact) mass is 409 g/mol. The van der Waals surface area contributed by atoms with Crippen LogP contribution >= 0.6 is 11.8 Å². The van der Waals surface area contributed by atoms with E-state index in [2.05, 4.69) is 5.10 Å². The molecule has 150 valence electrons. The van der Waals surface area contributed by atoms with Gasteiger partial charge in [0.2, 0.25) is 5.16 Å². The van der Waals surface area contributed by atoms with Gasteiger partial charge in [0.15, 0.2) is 5.78 Å². The molecule has 4 rings (SSSR count). The summed E-state index contributed by atoms with van der Waals surface area (Å²) in [6.07, 6.45) is 1.64. The van der Waals surface area contributed by atoms with Gasteiger partial charge in [0.05, 0.1) is 11.8 Å². The van der Waals surface area contributed by atoms with E-state index >= 15 is 0 Å². The molecular weight excluding hydrogens is 386 g/mol. The minimum absolute atomic E-state index is 0.0148. The smallest absolute Gasteiger partial charge is 0.209 e. The van der Waals surface area contributed by atoms with Crippen molar-refractivity contribution < 1.29 is 14.6 Å². The van der Waals surface area contributed by atoms with Crippen LogP contribution in [0.1, 0.15) is 41.9 Å². The highest BCUT2D eigenvalue weighted by atomic mass is 32.2. The van der Waals surface area contributed by atoms with Gasteiger partial charge in [-0.05, 0) is 56.2 Å². The van der Waals surface area contributed by atoms with E-state index in [1.807, 2.05) is 35.0 Å². The molecule has 1 heterocycles. The van der Waals surface area contributed by atoms with Crippen LogP contribution in [0, 0.1) is 0 Å². The zero-order valence-electron chi connectivity index (χ0n) is 16.2. The minimum atomic E-state index is -0.652. The molecule has 7 heteroatoms. The number of para-hydroxylation sites is 1. The largest absolute Gasteiger partial charge is 0.491 e. The first kappa shape index (κ1) is 19.7. The number of benzene rings is 2. The second-order valence-electron chi connectivity index (χ2n) is 7.13. The molecule has 1 saturated carbocycles. The Bertz CT molecular complexity index is 969. The number of carbonyl (C=O) groups excluding carboxylic acids is 1. The van der Waals surface area contributed by atoms with E-state index < -0.39 is 6.10 Å². The first-order valence-electron chi connectivity index (χ1n) is 9.67. The Balaban J connectivity index is 1.33. The predicted molar refractivity (Wildman–Crippen MR) is 112 cm³/mol. The molecule has 1 aromatic heterocycles. The molecule has 29 heavy (non-hydrogen) atoms. The predicted octanol–water partition coefficient (Wildman–Crippen LogP) is 3.88. The van der Waals surface area contributed by atoms with Crippen molar-refractivity contribution >= 4 is 17.5 Å². The van der Waals surface area contributed by atoms with E-state index in [4.69, 9.17) is 9.72 Å². The molecule has 2 aromatic carbocycles. The van der Waals surface area contributed by atoms with Crippen molar-refractivity contribution in [3.05, 3.63) is 66.0 Å². The number of rotatable bonds is 9. The fraction of sp³-hybridized carbons (Fsp3) is 0.318. The fourth-order valence-electron chi connectivity index (χ4n) is 2.93. The Morgan fingerprint density at radius 1 is 1.21 bits per heavy atom. The molecule has 0 radical (unpaired) electrons. The quantitative estimate of drug-likeness (QED) is 0.427. The highest BCUT2D eigenvalue weighted by molar-refractivity contribution is 7.99. The lowest BCUT2D eigenvalue weighted by Crippen LogP contribution is -2.20. The molecule has 0 amide bonds. The summed E-state index contributed by atoms with van der Waals surface area (Å²) in [7, 11) is 0. The molecule has 0 spiro atoms. The third kappa shape index (κ3) is 5.05. The second kappa shape index (κ2) is 8.80. The number of ether oxygens (including phenoxy) is 1. The molecule has 6 nitrogen and oxygen atoms in total. The number of hydrogen-bond donors (Lipinski definition) is 1. The zero-order valence-corrected chi connectivity index (χ0v) is 17.0. The van der Waals surface area contributed by atoms with Gasteiger partial charge in [-0.25, -0.2) is 9.67 Å². The first-order valence-corrected chi connectivity index (χ1v) is 10.7. The summed E-state index contributed by atoms with van der Waals surface area (Å²) in [5.74, 6) is 2.55. The van der Waals surface area contributed by atoms with Crippen molar-refractivity contribution in [2.45, 2.75) is 36.9 Å². The summed E-state index contributed by atoms with van der Waals surface area (Å²) in [4.78, 5) is 16.0. The second-order valence-corrected chi connectivity index (χ2v) is 8.12. The van der Waals surface area contributed by atoms with Crippen molar-refractivity contribution in [1.29, 1.82) is 0 Å². The Hall–Kier alpha value is -2.64. The van der Waals surface area contributed by atoms with E-state index in [0.717, 1.165) is 24.4 Å². The molecule has 0 saturated heterocycles. The average molecular weight is 410 g/mol. The molecule has 0 bridgehead atoms. The number of ketones is 1. The molecule has 1 atom stereocenters. The van der Waals surface area contributed by atoms with Crippen molar-refractivity contribution in [3.63, 3.8) is 0 Å². The number of hydrogen-bond acceptors (Lipinski definition) is 6. The van der Waals surface area contributed by atoms with Crippen LogP contribution < -0.4 is 4.74 Å². The van der Waals surface area contributed by atoms with Gasteiger partial charge in [-0.15, -0.1) is 5.10 Å². The number of Topliss-reactive ketones (excluding diaryl/α,β-unsaturated/α-hetero) is 1. The standard InChI is InChI=1S/C22H23N3O3S/c1-15(26)16-9-11-20(12-10-16)28-13-19(27)14-29-22-23-21(17-7-8-17)25(24-22)18-5-3-2-4-6-18/h2-6,9-12,17,19,27H,7-8,13-14H2,1H3/t19-/m0/s1. The molecule has 0 aliphatic heterocycles. The van der Waals surface area contributed by atoms with E-state index in [9.17, 15) is 9.90 Å². The van der Waals surface area contributed by atoms with Gasteiger partial charge >= 0.3 is 0 Å². The summed E-state index contributed by atoms with van der Waals surface area (Å²) in [6.45, 7) is 1.69. The van der Waals surface area contributed by atoms with Crippen LogP contribution in [-0.2, 0) is 0 Å². The maximum atomic E-state index is 11.3. The van der Waals surface area contributed by atoms with Crippen molar-refractivity contribution in [2.24, 2.45) is 0 Å². The van der Waals surface area contributed by atoms with Crippen LogP contribution in [-0.4, -0.2) is 44.1 Å². The SMILES string of the molecule is CC(=O)c1ccc(OC[C@H](O)CSc2nc(C3CC3)n(-c3ccccc3)n2)cc1. The Morgan fingerprint density at radius 3 is 2.59 bits per heavy atom. The Kier molecular flexibility index (Phi) is 5.97. The van der Waals surface area contributed by atoms with Gasteiger partial charge in [0, 0.05) is 17.2 Å². The zero-order chi connectivity index (χ0) is 20.2. The van der Waals surface area contributed by atoms with Crippen molar-refractivity contribution in [2.75, 3.05) is 12.4 Å². The maximum absolute atomic E-state index is 11.3. The van der Waals surface area contributed by atoms with E-state index in [-0.39, 0.29) is 12.4 Å². The van der Waals surface area contributed by atoms with Gasteiger partial charge in [-0.1, -0.05) is 30.0 Å². The van der Waals surface area contributed by atoms with Gasteiger partial charge in [0.25, 0.3) is 0 Å². The van der Waals surface area contributed by atoms with Crippen LogP contribution in [0.2, 0.25) is 0 Å². The first-order chi connectivity index (χ1) is 14.1. The average Bonchev–Trinajstić information content (AvgIpc) is 3.51. The van der Waals surface area contributed by atoms with E-state index in [1.165, 1.54) is 18.7 Å². The summed E-state index contributed by atoms with van der Waals surface area (Å²) in [5.41, 5.74) is 1.65.